The molecule has 0 fully saturated rings. The predicted molar refractivity (Wildman–Crippen MR) is 120 cm³/mol. The molecule has 1 aliphatic heterocycles. The molecule has 5 heterocycles. The van der Waals surface area contributed by atoms with Crippen molar-refractivity contribution in [3.8, 4) is 34.0 Å². The molecule has 0 aromatic carbocycles. The molecule has 0 radical (unpaired) electrons. The minimum atomic E-state index is -0.0214. The molecule has 1 aliphatic rings. The number of pyridine rings is 2. The third-order valence-electron chi connectivity index (χ3n) is 5.48. The molecule has 0 unspecified atom stereocenters. The highest BCUT2D eigenvalue weighted by molar-refractivity contribution is 5.80. The minimum absolute atomic E-state index is 0.0214. The van der Waals surface area contributed by atoms with Gasteiger partial charge in [-0.1, -0.05) is 6.07 Å². The van der Waals surface area contributed by atoms with Crippen molar-refractivity contribution in [2.75, 3.05) is 14.1 Å². The summed E-state index contributed by atoms with van der Waals surface area (Å²) in [5.41, 5.74) is 7.16. The van der Waals surface area contributed by atoms with Crippen molar-refractivity contribution in [1.29, 1.82) is 0 Å². The molecule has 0 spiro atoms. The summed E-state index contributed by atoms with van der Waals surface area (Å²) in [5, 5.41) is 4.65. The highest BCUT2D eigenvalue weighted by Crippen LogP contribution is 2.32. The number of carbonyl (C=O) groups is 1. The van der Waals surface area contributed by atoms with Crippen molar-refractivity contribution in [2.45, 2.75) is 20.0 Å². The second-order valence-corrected chi connectivity index (χ2v) is 8.20. The van der Waals surface area contributed by atoms with E-state index in [4.69, 9.17) is 4.98 Å². The summed E-state index contributed by atoms with van der Waals surface area (Å²) >= 11 is 0. The zero-order chi connectivity index (χ0) is 22.4. The fraction of sp³-hybridized carbons (Fsp3) is 0.261. The van der Waals surface area contributed by atoms with Crippen LogP contribution < -0.4 is 0 Å². The van der Waals surface area contributed by atoms with Crippen molar-refractivity contribution in [1.82, 2.24) is 39.5 Å². The highest BCUT2D eigenvalue weighted by atomic mass is 16.2. The average molecular weight is 429 g/mol. The Labute approximate surface area is 185 Å². The minimum Gasteiger partial charge on any atom is -0.339 e. The van der Waals surface area contributed by atoms with Crippen molar-refractivity contribution in [3.63, 3.8) is 0 Å². The van der Waals surface area contributed by atoms with E-state index in [1.54, 1.807) is 34.8 Å². The number of imidazole rings is 1. The van der Waals surface area contributed by atoms with E-state index in [1.165, 1.54) is 0 Å². The van der Waals surface area contributed by atoms with Gasteiger partial charge >= 0.3 is 6.03 Å². The van der Waals surface area contributed by atoms with Gasteiger partial charge in [-0.3, -0.25) is 14.6 Å². The first-order valence-corrected chi connectivity index (χ1v) is 10.4. The summed E-state index contributed by atoms with van der Waals surface area (Å²) in [4.78, 5) is 32.8. The van der Waals surface area contributed by atoms with E-state index in [1.807, 2.05) is 50.5 Å². The molecule has 0 bridgehead atoms. The van der Waals surface area contributed by atoms with Crippen LogP contribution in [-0.2, 0) is 20.1 Å². The normalized spacial score (nSPS) is 12.8. The standard InChI is InChI=1S/C23H24N8O/c1-14-6-5-7-17(25-14)21-16(11-30(4)28-21)15-8-9-24-18(10-15)22-26-19-12-31(13-20(19)27-22)23(32)29(2)3/h5-11H,12-13H2,1-4H3,(H,26,27). The van der Waals surface area contributed by atoms with E-state index in [0.717, 1.165) is 45.3 Å². The molecule has 0 aliphatic carbocycles. The molecular formula is C23H24N8O. The van der Waals surface area contributed by atoms with Gasteiger partial charge in [0.15, 0.2) is 5.82 Å². The number of hydrogen-bond acceptors (Lipinski definition) is 5. The van der Waals surface area contributed by atoms with Crippen LogP contribution in [0.3, 0.4) is 0 Å². The van der Waals surface area contributed by atoms with Gasteiger partial charge in [-0.05, 0) is 36.8 Å². The van der Waals surface area contributed by atoms with Crippen LogP contribution in [0.4, 0.5) is 4.79 Å². The van der Waals surface area contributed by atoms with Crippen molar-refractivity contribution in [3.05, 3.63) is 59.8 Å². The Morgan fingerprint density at radius 2 is 1.97 bits per heavy atom. The largest absolute Gasteiger partial charge is 0.339 e. The smallest absolute Gasteiger partial charge is 0.320 e. The van der Waals surface area contributed by atoms with E-state index in [0.29, 0.717) is 18.9 Å². The van der Waals surface area contributed by atoms with Crippen LogP contribution >= 0.6 is 0 Å². The lowest BCUT2D eigenvalue weighted by Gasteiger charge is -2.20. The summed E-state index contributed by atoms with van der Waals surface area (Å²) in [7, 11) is 5.41. The average Bonchev–Trinajstić information content (AvgIpc) is 3.46. The first-order valence-electron chi connectivity index (χ1n) is 10.4. The maximum atomic E-state index is 12.2. The molecule has 162 valence electrons. The van der Waals surface area contributed by atoms with Gasteiger partial charge < -0.3 is 14.8 Å². The highest BCUT2D eigenvalue weighted by Gasteiger charge is 2.28. The Balaban J connectivity index is 1.47. The third kappa shape index (κ3) is 3.51. The van der Waals surface area contributed by atoms with E-state index in [-0.39, 0.29) is 6.03 Å². The van der Waals surface area contributed by atoms with Gasteiger partial charge in [-0.2, -0.15) is 5.10 Å². The molecule has 5 rings (SSSR count). The first kappa shape index (κ1) is 19.9. The number of rotatable bonds is 3. The summed E-state index contributed by atoms with van der Waals surface area (Å²) in [6.07, 6.45) is 3.77. The number of aromatic nitrogens is 6. The van der Waals surface area contributed by atoms with Gasteiger partial charge in [0.05, 0.1) is 30.2 Å². The maximum absolute atomic E-state index is 12.2. The molecule has 0 saturated heterocycles. The number of urea groups is 1. The van der Waals surface area contributed by atoms with E-state index in [2.05, 4.69) is 20.1 Å². The van der Waals surface area contributed by atoms with Gasteiger partial charge in [0.25, 0.3) is 0 Å². The second-order valence-electron chi connectivity index (χ2n) is 8.20. The van der Waals surface area contributed by atoms with Crippen LogP contribution in [-0.4, -0.2) is 59.6 Å². The molecule has 32 heavy (non-hydrogen) atoms. The van der Waals surface area contributed by atoms with E-state index < -0.39 is 0 Å². The maximum Gasteiger partial charge on any atom is 0.320 e. The number of aromatic amines is 1. The summed E-state index contributed by atoms with van der Waals surface area (Å²) < 4.78 is 1.80. The van der Waals surface area contributed by atoms with Gasteiger partial charge in [-0.25, -0.2) is 9.78 Å². The van der Waals surface area contributed by atoms with Gasteiger partial charge in [0, 0.05) is 44.8 Å². The van der Waals surface area contributed by atoms with Gasteiger partial charge in [0.1, 0.15) is 11.4 Å². The van der Waals surface area contributed by atoms with Gasteiger partial charge in [-0.15, -0.1) is 0 Å². The third-order valence-corrected chi connectivity index (χ3v) is 5.48. The summed E-state index contributed by atoms with van der Waals surface area (Å²) in [5.74, 6) is 0.702. The Kier molecular flexibility index (Phi) is 4.73. The van der Waals surface area contributed by atoms with Crippen LogP contribution in [0.25, 0.3) is 34.0 Å². The van der Waals surface area contributed by atoms with Crippen LogP contribution in [0.2, 0.25) is 0 Å². The molecule has 9 heteroatoms. The lowest BCUT2D eigenvalue weighted by atomic mass is 10.0. The SMILES string of the molecule is Cc1cccc(-c2nn(C)cc2-c2ccnc(-c3nc4c([nH]3)CN(C(=O)N(C)C)C4)c2)n1. The van der Waals surface area contributed by atoms with Crippen LogP contribution in [0.15, 0.2) is 42.7 Å². The lowest BCUT2D eigenvalue weighted by Crippen LogP contribution is -2.35. The molecule has 0 saturated carbocycles. The Morgan fingerprint density at radius 3 is 2.72 bits per heavy atom. The number of carbonyl (C=O) groups excluding carboxylic acids is 1. The quantitative estimate of drug-likeness (QED) is 0.540. The zero-order valence-corrected chi connectivity index (χ0v) is 18.5. The van der Waals surface area contributed by atoms with Crippen molar-refractivity contribution < 1.29 is 4.79 Å². The number of amides is 2. The fourth-order valence-corrected chi connectivity index (χ4v) is 3.97. The number of aryl methyl sites for hydroxylation is 2. The topological polar surface area (TPSA) is 95.8 Å². The summed E-state index contributed by atoms with van der Waals surface area (Å²) in [6.45, 7) is 2.99. The molecule has 1 N–H and O–H groups in total. The fourth-order valence-electron chi connectivity index (χ4n) is 3.97. The Bertz CT molecular complexity index is 1300. The molecule has 4 aromatic rings. The van der Waals surface area contributed by atoms with Crippen LogP contribution in [0.5, 0.6) is 0 Å². The van der Waals surface area contributed by atoms with E-state index >= 15 is 0 Å². The zero-order valence-electron chi connectivity index (χ0n) is 18.5. The molecule has 2 amide bonds. The molecule has 0 atom stereocenters. The van der Waals surface area contributed by atoms with Crippen molar-refractivity contribution in [2.24, 2.45) is 7.05 Å². The van der Waals surface area contributed by atoms with Crippen molar-refractivity contribution >= 4 is 6.03 Å². The Hall–Kier alpha value is -4.01. The van der Waals surface area contributed by atoms with Gasteiger partial charge in [0.2, 0.25) is 0 Å². The number of fused-ring (bicyclic) bond motifs is 1. The van der Waals surface area contributed by atoms with Crippen LogP contribution in [0, 0.1) is 6.92 Å². The molecular weight excluding hydrogens is 404 g/mol. The van der Waals surface area contributed by atoms with Crippen LogP contribution in [0.1, 0.15) is 17.1 Å². The number of hydrogen-bond donors (Lipinski definition) is 1. The second kappa shape index (κ2) is 7.60. The number of nitrogens with zero attached hydrogens (tertiary/aromatic N) is 7. The summed E-state index contributed by atoms with van der Waals surface area (Å²) in [6, 6.07) is 9.88. The monoisotopic (exact) mass is 428 g/mol. The number of nitrogens with one attached hydrogen (secondary N) is 1. The van der Waals surface area contributed by atoms with E-state index in [9.17, 15) is 4.79 Å². The molecule has 4 aromatic heterocycles. The lowest BCUT2D eigenvalue weighted by molar-refractivity contribution is 0.170. The first-order chi connectivity index (χ1) is 15.4. The number of H-pyrrole nitrogens is 1. The predicted octanol–water partition coefficient (Wildman–Crippen LogP) is 3.24. The Morgan fingerprint density at radius 1 is 1.12 bits per heavy atom. The molecule has 9 nitrogen and oxygen atoms in total.